The van der Waals surface area contributed by atoms with E-state index in [1.165, 1.54) is 6.07 Å². The van der Waals surface area contributed by atoms with Crippen molar-refractivity contribution < 1.29 is 26.8 Å². The number of hydrogen-bond acceptors (Lipinski definition) is 3. The summed E-state index contributed by atoms with van der Waals surface area (Å²) in [6.07, 6.45) is -4.65. The molecule has 3 aromatic rings. The lowest BCUT2D eigenvalue weighted by molar-refractivity contribution is -0.137. The highest BCUT2D eigenvalue weighted by atomic mass is 79.9. The third kappa shape index (κ3) is 4.11. The molecule has 3 rings (SSSR count). The van der Waals surface area contributed by atoms with E-state index in [0.717, 1.165) is 15.9 Å². The standard InChI is InChI=1S/C18H14BrF4N3O2/c1-9-16(19)10(2)26(25-9)8-12-4-6-15(28-12)17(27)24-14-7-11(18(21,22)23)3-5-13(14)20/h3-7H,8H2,1-2H3,(H,24,27). The van der Waals surface area contributed by atoms with Crippen molar-refractivity contribution in [2.75, 3.05) is 5.32 Å². The number of nitrogens with one attached hydrogen (secondary N) is 1. The van der Waals surface area contributed by atoms with Crippen LogP contribution in [0.25, 0.3) is 0 Å². The Labute approximate surface area is 165 Å². The van der Waals surface area contributed by atoms with Crippen LogP contribution >= 0.6 is 15.9 Å². The molecule has 0 saturated heterocycles. The minimum atomic E-state index is -4.65. The van der Waals surface area contributed by atoms with Crippen LogP contribution < -0.4 is 5.32 Å². The number of aromatic nitrogens is 2. The van der Waals surface area contributed by atoms with Crippen LogP contribution in [0.2, 0.25) is 0 Å². The summed E-state index contributed by atoms with van der Waals surface area (Å²) < 4.78 is 60.0. The molecular formula is C18H14BrF4N3O2. The molecule has 28 heavy (non-hydrogen) atoms. The Morgan fingerprint density at radius 3 is 2.57 bits per heavy atom. The second-order valence-electron chi connectivity index (χ2n) is 6.05. The number of alkyl halides is 3. The molecule has 0 radical (unpaired) electrons. The van der Waals surface area contributed by atoms with Crippen LogP contribution in [0.15, 0.2) is 39.2 Å². The maximum absolute atomic E-state index is 13.8. The van der Waals surface area contributed by atoms with E-state index in [9.17, 15) is 22.4 Å². The number of carbonyl (C=O) groups excluding carboxylic acids is 1. The molecule has 0 saturated carbocycles. The molecule has 2 heterocycles. The van der Waals surface area contributed by atoms with Gasteiger partial charge in [0.25, 0.3) is 5.91 Å². The smallest absolute Gasteiger partial charge is 0.416 e. The van der Waals surface area contributed by atoms with Crippen LogP contribution in [0.4, 0.5) is 23.2 Å². The van der Waals surface area contributed by atoms with Gasteiger partial charge in [-0.2, -0.15) is 18.3 Å². The Bertz CT molecular complexity index is 1040. The average Bonchev–Trinajstić information content (AvgIpc) is 3.17. The SMILES string of the molecule is Cc1nn(Cc2ccc(C(=O)Nc3cc(C(F)(F)F)ccc3F)o2)c(C)c1Br. The number of amides is 1. The summed E-state index contributed by atoms with van der Waals surface area (Å²) in [4.78, 5) is 12.2. The highest BCUT2D eigenvalue weighted by molar-refractivity contribution is 9.10. The number of halogens is 5. The van der Waals surface area contributed by atoms with Gasteiger partial charge in [-0.05, 0) is 60.1 Å². The Hall–Kier alpha value is -2.62. The molecule has 5 nitrogen and oxygen atoms in total. The van der Waals surface area contributed by atoms with Crippen LogP contribution in [-0.4, -0.2) is 15.7 Å². The summed E-state index contributed by atoms with van der Waals surface area (Å²) in [6, 6.07) is 4.68. The molecule has 1 N–H and O–H groups in total. The fourth-order valence-corrected chi connectivity index (χ4v) is 2.83. The van der Waals surface area contributed by atoms with Crippen LogP contribution in [0.1, 0.15) is 33.3 Å². The zero-order chi connectivity index (χ0) is 20.6. The molecule has 148 valence electrons. The molecule has 2 aromatic heterocycles. The first-order valence-corrected chi connectivity index (χ1v) is 8.82. The number of furan rings is 1. The fourth-order valence-electron chi connectivity index (χ4n) is 2.54. The third-order valence-electron chi connectivity index (χ3n) is 4.03. The Morgan fingerprint density at radius 1 is 1.25 bits per heavy atom. The van der Waals surface area contributed by atoms with E-state index >= 15 is 0 Å². The van der Waals surface area contributed by atoms with Gasteiger partial charge in [-0.15, -0.1) is 0 Å². The summed E-state index contributed by atoms with van der Waals surface area (Å²) in [5.74, 6) is -1.60. The van der Waals surface area contributed by atoms with E-state index < -0.39 is 29.2 Å². The highest BCUT2D eigenvalue weighted by Gasteiger charge is 2.31. The summed E-state index contributed by atoms with van der Waals surface area (Å²) in [5, 5.41) is 6.43. The third-order valence-corrected chi connectivity index (χ3v) is 5.17. The first-order chi connectivity index (χ1) is 13.1. The lowest BCUT2D eigenvalue weighted by Crippen LogP contribution is -2.14. The van der Waals surface area contributed by atoms with Crippen molar-refractivity contribution in [3.05, 3.63) is 69.1 Å². The zero-order valence-electron chi connectivity index (χ0n) is 14.7. The van der Waals surface area contributed by atoms with Crippen molar-refractivity contribution in [3.8, 4) is 0 Å². The Morgan fingerprint density at radius 2 is 1.96 bits per heavy atom. The van der Waals surface area contributed by atoms with Gasteiger partial charge in [0.05, 0.1) is 33.7 Å². The molecule has 0 aliphatic heterocycles. The lowest BCUT2D eigenvalue weighted by atomic mass is 10.2. The predicted octanol–water partition coefficient (Wildman–Crippen LogP) is 5.31. The fraction of sp³-hybridized carbons (Fsp3) is 0.222. The van der Waals surface area contributed by atoms with Crippen molar-refractivity contribution >= 4 is 27.5 Å². The second kappa shape index (κ2) is 7.42. The first kappa shape index (κ1) is 20.1. The Balaban J connectivity index is 1.77. The van der Waals surface area contributed by atoms with Crippen molar-refractivity contribution in [2.24, 2.45) is 0 Å². The molecule has 0 aliphatic rings. The average molecular weight is 460 g/mol. The number of hydrogen-bond donors (Lipinski definition) is 1. The molecule has 0 fully saturated rings. The highest BCUT2D eigenvalue weighted by Crippen LogP contribution is 2.32. The lowest BCUT2D eigenvalue weighted by Gasteiger charge is -2.10. The minimum Gasteiger partial charge on any atom is -0.454 e. The van der Waals surface area contributed by atoms with Gasteiger partial charge in [0, 0.05) is 0 Å². The number of benzene rings is 1. The van der Waals surface area contributed by atoms with Gasteiger partial charge in [0.2, 0.25) is 0 Å². The van der Waals surface area contributed by atoms with Crippen molar-refractivity contribution in [3.63, 3.8) is 0 Å². The molecule has 0 unspecified atom stereocenters. The molecule has 0 atom stereocenters. The van der Waals surface area contributed by atoms with E-state index in [1.807, 2.05) is 13.8 Å². The van der Waals surface area contributed by atoms with Gasteiger partial charge in [0.1, 0.15) is 11.6 Å². The largest absolute Gasteiger partial charge is 0.454 e. The van der Waals surface area contributed by atoms with Crippen molar-refractivity contribution in [1.29, 1.82) is 0 Å². The molecular weight excluding hydrogens is 446 g/mol. The Kier molecular flexibility index (Phi) is 5.33. The monoisotopic (exact) mass is 459 g/mol. The van der Waals surface area contributed by atoms with E-state index in [1.54, 1.807) is 10.7 Å². The van der Waals surface area contributed by atoms with Crippen LogP contribution in [0.3, 0.4) is 0 Å². The van der Waals surface area contributed by atoms with E-state index in [0.29, 0.717) is 24.0 Å². The second-order valence-corrected chi connectivity index (χ2v) is 6.85. The molecule has 1 aromatic carbocycles. The molecule has 0 aliphatic carbocycles. The van der Waals surface area contributed by atoms with Gasteiger partial charge in [0.15, 0.2) is 5.76 Å². The number of anilines is 1. The normalized spacial score (nSPS) is 11.7. The summed E-state index contributed by atoms with van der Waals surface area (Å²) >= 11 is 3.41. The number of rotatable bonds is 4. The van der Waals surface area contributed by atoms with Gasteiger partial charge >= 0.3 is 6.18 Å². The van der Waals surface area contributed by atoms with Crippen LogP contribution in [0.5, 0.6) is 0 Å². The minimum absolute atomic E-state index is 0.160. The van der Waals surface area contributed by atoms with Crippen molar-refractivity contribution in [2.45, 2.75) is 26.6 Å². The zero-order valence-corrected chi connectivity index (χ0v) is 16.3. The van der Waals surface area contributed by atoms with Gasteiger partial charge in [-0.25, -0.2) is 4.39 Å². The van der Waals surface area contributed by atoms with Crippen LogP contribution in [0, 0.1) is 19.7 Å². The number of nitrogens with zero attached hydrogens (tertiary/aromatic N) is 2. The van der Waals surface area contributed by atoms with E-state index in [4.69, 9.17) is 4.42 Å². The van der Waals surface area contributed by atoms with Crippen LogP contribution in [-0.2, 0) is 12.7 Å². The first-order valence-electron chi connectivity index (χ1n) is 8.02. The molecule has 0 spiro atoms. The van der Waals surface area contributed by atoms with Crippen molar-refractivity contribution in [1.82, 2.24) is 9.78 Å². The quantitative estimate of drug-likeness (QED) is 0.537. The predicted molar refractivity (Wildman–Crippen MR) is 96.6 cm³/mol. The molecule has 1 amide bonds. The molecule has 0 bridgehead atoms. The van der Waals surface area contributed by atoms with E-state index in [2.05, 4.69) is 26.3 Å². The van der Waals surface area contributed by atoms with Gasteiger partial charge in [-0.1, -0.05) is 0 Å². The molecule has 10 heteroatoms. The topological polar surface area (TPSA) is 60.1 Å². The van der Waals surface area contributed by atoms with Gasteiger partial charge < -0.3 is 9.73 Å². The van der Waals surface area contributed by atoms with E-state index in [-0.39, 0.29) is 12.3 Å². The maximum atomic E-state index is 13.8. The number of aryl methyl sites for hydroxylation is 1. The maximum Gasteiger partial charge on any atom is 0.416 e. The summed E-state index contributed by atoms with van der Waals surface area (Å²) in [5.41, 5.74) is 0.00710. The summed E-state index contributed by atoms with van der Waals surface area (Å²) in [7, 11) is 0. The van der Waals surface area contributed by atoms with Gasteiger partial charge in [-0.3, -0.25) is 9.48 Å². The summed E-state index contributed by atoms with van der Waals surface area (Å²) in [6.45, 7) is 3.94. The number of carbonyl (C=O) groups is 1.